The third-order valence-corrected chi connectivity index (χ3v) is 0.368. The van der Waals surface area contributed by atoms with Crippen LogP contribution in [-0.4, -0.2) is 28.4 Å². The lowest BCUT2D eigenvalue weighted by molar-refractivity contribution is -0.134. The first-order valence-corrected chi connectivity index (χ1v) is 2.58. The molecule has 0 bridgehead atoms. The number of carboxylic acids is 2. The molecule has 5 nitrogen and oxygen atoms in total. The lowest BCUT2D eigenvalue weighted by Crippen LogP contribution is -1.91. The minimum atomic E-state index is -1.26. The van der Waals surface area contributed by atoms with Crippen LogP contribution >= 0.6 is 0 Å². The van der Waals surface area contributed by atoms with E-state index < -0.39 is 11.9 Å². The van der Waals surface area contributed by atoms with Crippen molar-refractivity contribution in [1.82, 2.24) is 0 Å². The van der Waals surface area contributed by atoms with Gasteiger partial charge in [-0.05, 0) is 6.92 Å². The number of carbonyl (C=O) groups excluding carboxylic acids is 1. The quantitative estimate of drug-likeness (QED) is 0.435. The largest absolute Gasteiger partial charge is 0.478 e. The fraction of sp³-hybridized carbons (Fsp3) is 0.167. The van der Waals surface area contributed by atoms with Crippen molar-refractivity contribution in [3.63, 3.8) is 0 Å². The number of aliphatic carboxylic acids is 2. The molecule has 0 rings (SSSR count). The normalized spacial score (nSPS) is 8.09. The molecule has 62 valence electrons. The monoisotopic (exact) mass is 160 g/mol. The maximum Gasteiger partial charge on any atom is 0.328 e. The van der Waals surface area contributed by atoms with Gasteiger partial charge in [0, 0.05) is 12.2 Å². The van der Waals surface area contributed by atoms with Gasteiger partial charge >= 0.3 is 11.9 Å². The van der Waals surface area contributed by atoms with Gasteiger partial charge in [0.2, 0.25) is 0 Å². The standard InChI is InChI=1S/C4H4O4.C2H4O/c5-3(6)1-2-4(7)8;1-2-3/h1-2H,(H,5,6)(H,7,8);2H,1H3/b2-1-;. The SMILES string of the molecule is CC=O.O=C(O)/C=C\C(=O)O. The van der Waals surface area contributed by atoms with E-state index in [1.165, 1.54) is 6.92 Å². The second kappa shape index (κ2) is 8.35. The summed E-state index contributed by atoms with van der Waals surface area (Å²) >= 11 is 0. The van der Waals surface area contributed by atoms with Crippen LogP contribution in [0.3, 0.4) is 0 Å². The van der Waals surface area contributed by atoms with Gasteiger partial charge in [0.25, 0.3) is 0 Å². The predicted octanol–water partition coefficient (Wildman–Crippen LogP) is -0.0830. The minimum Gasteiger partial charge on any atom is -0.478 e. The fourth-order valence-electron chi connectivity index (χ4n) is 0.143. The van der Waals surface area contributed by atoms with Crippen LogP contribution < -0.4 is 0 Å². The molecule has 0 unspecified atom stereocenters. The summed E-state index contributed by atoms with van der Waals surface area (Å²) in [7, 11) is 0. The molecule has 0 saturated carbocycles. The molecule has 5 heteroatoms. The van der Waals surface area contributed by atoms with Gasteiger partial charge in [0.1, 0.15) is 6.29 Å². The molecule has 0 aliphatic heterocycles. The van der Waals surface area contributed by atoms with Crippen molar-refractivity contribution in [2.24, 2.45) is 0 Å². The van der Waals surface area contributed by atoms with Crippen molar-refractivity contribution >= 4 is 18.2 Å². The van der Waals surface area contributed by atoms with E-state index in [0.29, 0.717) is 12.2 Å². The van der Waals surface area contributed by atoms with E-state index in [1.54, 1.807) is 0 Å². The Morgan fingerprint density at radius 3 is 1.36 bits per heavy atom. The van der Waals surface area contributed by atoms with Crippen LogP contribution in [0.5, 0.6) is 0 Å². The first-order chi connectivity index (χ1) is 5.04. The molecule has 0 atom stereocenters. The Kier molecular flexibility index (Phi) is 9.16. The zero-order valence-corrected chi connectivity index (χ0v) is 5.85. The number of aldehydes is 1. The van der Waals surface area contributed by atoms with Crippen LogP contribution in [0.25, 0.3) is 0 Å². The Morgan fingerprint density at radius 2 is 1.27 bits per heavy atom. The lowest BCUT2D eigenvalue weighted by Gasteiger charge is -1.74. The maximum absolute atomic E-state index is 9.55. The number of hydrogen-bond donors (Lipinski definition) is 2. The topological polar surface area (TPSA) is 91.7 Å². The van der Waals surface area contributed by atoms with Crippen molar-refractivity contribution in [3.05, 3.63) is 12.2 Å². The number of carboxylic acid groups (broad SMARTS) is 2. The molecule has 0 aromatic heterocycles. The van der Waals surface area contributed by atoms with E-state index in [9.17, 15) is 9.59 Å². The van der Waals surface area contributed by atoms with E-state index in [4.69, 9.17) is 15.0 Å². The molecular weight excluding hydrogens is 152 g/mol. The minimum absolute atomic E-state index is 0.558. The molecule has 2 N–H and O–H groups in total. The number of rotatable bonds is 2. The van der Waals surface area contributed by atoms with Gasteiger partial charge in [-0.3, -0.25) is 0 Å². The second-order valence-corrected chi connectivity index (χ2v) is 1.25. The van der Waals surface area contributed by atoms with Crippen LogP contribution in [-0.2, 0) is 14.4 Å². The predicted molar refractivity (Wildman–Crippen MR) is 36.1 cm³/mol. The first kappa shape index (κ1) is 12.1. The second-order valence-electron chi connectivity index (χ2n) is 1.25. The molecule has 0 aromatic rings. The summed E-state index contributed by atoms with van der Waals surface area (Å²) in [6, 6.07) is 0. The molecule has 0 aromatic carbocycles. The van der Waals surface area contributed by atoms with Crippen LogP contribution in [0.2, 0.25) is 0 Å². The van der Waals surface area contributed by atoms with E-state index in [-0.39, 0.29) is 0 Å². The third-order valence-electron chi connectivity index (χ3n) is 0.368. The summed E-state index contributed by atoms with van der Waals surface area (Å²) in [6.45, 7) is 1.44. The molecule has 0 saturated heterocycles. The summed E-state index contributed by atoms with van der Waals surface area (Å²) in [5.74, 6) is -2.51. The van der Waals surface area contributed by atoms with Gasteiger partial charge < -0.3 is 15.0 Å². The van der Waals surface area contributed by atoms with Crippen LogP contribution in [0.4, 0.5) is 0 Å². The average molecular weight is 160 g/mol. The highest BCUT2D eigenvalue weighted by molar-refractivity contribution is 5.89. The van der Waals surface area contributed by atoms with Crippen LogP contribution in [0, 0.1) is 0 Å². The van der Waals surface area contributed by atoms with Crippen molar-refractivity contribution in [2.45, 2.75) is 6.92 Å². The molecule has 0 radical (unpaired) electrons. The Morgan fingerprint density at radius 1 is 1.09 bits per heavy atom. The smallest absolute Gasteiger partial charge is 0.328 e. The zero-order chi connectivity index (χ0) is 9.28. The highest BCUT2D eigenvalue weighted by atomic mass is 16.4. The van der Waals surface area contributed by atoms with Crippen molar-refractivity contribution in [3.8, 4) is 0 Å². The van der Waals surface area contributed by atoms with Crippen LogP contribution in [0.15, 0.2) is 12.2 Å². The van der Waals surface area contributed by atoms with Crippen molar-refractivity contribution in [1.29, 1.82) is 0 Å². The highest BCUT2D eigenvalue weighted by Gasteiger charge is 1.88. The van der Waals surface area contributed by atoms with Gasteiger partial charge in [-0.2, -0.15) is 0 Å². The molecule has 0 aliphatic rings. The highest BCUT2D eigenvalue weighted by Crippen LogP contribution is 1.70. The fourth-order valence-corrected chi connectivity index (χ4v) is 0.143. The molecule has 11 heavy (non-hydrogen) atoms. The summed E-state index contributed by atoms with van der Waals surface area (Å²) in [5, 5.41) is 15.6. The van der Waals surface area contributed by atoms with Gasteiger partial charge in [0.15, 0.2) is 0 Å². The van der Waals surface area contributed by atoms with E-state index in [2.05, 4.69) is 0 Å². The molecule has 0 spiro atoms. The number of hydrogen-bond acceptors (Lipinski definition) is 3. The Balaban J connectivity index is 0. The lowest BCUT2D eigenvalue weighted by atomic mass is 10.5. The van der Waals surface area contributed by atoms with E-state index in [0.717, 1.165) is 6.29 Å². The maximum atomic E-state index is 9.55. The van der Waals surface area contributed by atoms with Gasteiger partial charge in [-0.1, -0.05) is 0 Å². The summed E-state index contributed by atoms with van der Waals surface area (Å²) in [5.41, 5.74) is 0. The zero-order valence-electron chi connectivity index (χ0n) is 5.85. The van der Waals surface area contributed by atoms with E-state index >= 15 is 0 Å². The Bertz CT molecular complexity index is 154. The van der Waals surface area contributed by atoms with Crippen molar-refractivity contribution < 1.29 is 24.6 Å². The van der Waals surface area contributed by atoms with Crippen LogP contribution in [0.1, 0.15) is 6.92 Å². The van der Waals surface area contributed by atoms with Gasteiger partial charge in [0.05, 0.1) is 0 Å². The molecule has 0 amide bonds. The average Bonchev–Trinajstić information content (AvgIpc) is 1.85. The Labute approximate surface area is 63.0 Å². The summed E-state index contributed by atoms with van der Waals surface area (Å²) in [6.07, 6.45) is 1.87. The van der Waals surface area contributed by atoms with Gasteiger partial charge in [-0.25, -0.2) is 9.59 Å². The molecule has 0 aliphatic carbocycles. The molecule has 0 fully saturated rings. The van der Waals surface area contributed by atoms with E-state index in [1.807, 2.05) is 0 Å². The first-order valence-electron chi connectivity index (χ1n) is 2.58. The molecule has 0 heterocycles. The summed E-state index contributed by atoms with van der Waals surface area (Å²) in [4.78, 5) is 27.9. The van der Waals surface area contributed by atoms with Gasteiger partial charge in [-0.15, -0.1) is 0 Å². The third kappa shape index (κ3) is 30.0. The van der Waals surface area contributed by atoms with Crippen molar-refractivity contribution in [2.75, 3.05) is 0 Å². The molecular formula is C6H8O5. The number of carbonyl (C=O) groups is 3. The Hall–Kier alpha value is -1.65. The summed E-state index contributed by atoms with van der Waals surface area (Å²) < 4.78 is 0.